The number of benzene rings is 1. The van der Waals surface area contributed by atoms with E-state index in [1.54, 1.807) is 11.3 Å². The number of anilines is 1. The maximum Gasteiger partial charge on any atom is 0.263 e. The second-order valence-electron chi connectivity index (χ2n) is 9.53. The molecule has 3 heterocycles. The molecule has 1 aliphatic heterocycles. The smallest absolute Gasteiger partial charge is 0.263 e. The minimum atomic E-state index is -0.329. The number of rotatable bonds is 7. The Morgan fingerprint density at radius 1 is 1.21 bits per heavy atom. The molecule has 8 heteroatoms. The molecule has 1 aromatic carbocycles. The third-order valence-electron chi connectivity index (χ3n) is 6.81. The van der Waals surface area contributed by atoms with Crippen LogP contribution in [0.3, 0.4) is 0 Å². The van der Waals surface area contributed by atoms with Gasteiger partial charge in [0.05, 0.1) is 10.6 Å². The van der Waals surface area contributed by atoms with Crippen LogP contribution in [0.2, 0.25) is 0 Å². The van der Waals surface area contributed by atoms with Gasteiger partial charge in [-0.15, -0.1) is 11.3 Å². The predicted octanol–water partition coefficient (Wildman–Crippen LogP) is 4.36. The van der Waals surface area contributed by atoms with Crippen molar-refractivity contribution in [1.82, 2.24) is 14.5 Å². The molecule has 0 fully saturated rings. The zero-order chi connectivity index (χ0) is 23.8. The average molecular weight is 497 g/mol. The molecule has 34 heavy (non-hydrogen) atoms. The molecular weight excluding hydrogens is 464 g/mol. The summed E-state index contributed by atoms with van der Waals surface area (Å²) >= 11 is 3.10. The number of carbonyl (C=O) groups excluding carboxylic acids is 1. The van der Waals surface area contributed by atoms with Gasteiger partial charge < -0.3 is 9.80 Å². The van der Waals surface area contributed by atoms with Crippen LogP contribution in [0.4, 0.5) is 5.69 Å². The first-order valence-electron chi connectivity index (χ1n) is 12.2. The molecular formula is C26H32N4O2S2. The standard InChI is InChI=1S/C26H32N4O2S2/c1-17(24(31)29-16-13-18-9-4-6-11-20(18)29)33-26-27-23-22(19-10-5-7-12-21(19)34-23)25(32)30(26)15-8-14-28(2)3/h4,6,9,11,17H,5,7-8,10,12-16H2,1-3H3/t17-/m1/s1. The molecule has 6 nitrogen and oxygen atoms in total. The molecule has 0 N–H and O–H groups in total. The molecule has 2 aromatic heterocycles. The van der Waals surface area contributed by atoms with Gasteiger partial charge in [-0.2, -0.15) is 0 Å². The second kappa shape index (κ2) is 9.84. The number of hydrogen-bond donors (Lipinski definition) is 0. The summed E-state index contributed by atoms with van der Waals surface area (Å²) in [6.07, 6.45) is 6.09. The van der Waals surface area contributed by atoms with Gasteiger partial charge in [-0.25, -0.2) is 4.98 Å². The van der Waals surface area contributed by atoms with Crippen LogP contribution in [0.25, 0.3) is 10.2 Å². The second-order valence-corrected chi connectivity index (χ2v) is 11.9. The van der Waals surface area contributed by atoms with Crippen LogP contribution in [-0.4, -0.2) is 52.8 Å². The van der Waals surface area contributed by atoms with E-state index in [1.165, 1.54) is 34.2 Å². The zero-order valence-corrected chi connectivity index (χ0v) is 21.8. The van der Waals surface area contributed by atoms with Crippen molar-refractivity contribution in [3.05, 3.63) is 50.6 Å². The highest BCUT2D eigenvalue weighted by molar-refractivity contribution is 8.00. The molecule has 2 aliphatic rings. The van der Waals surface area contributed by atoms with E-state index >= 15 is 0 Å². The van der Waals surface area contributed by atoms with Gasteiger partial charge in [-0.1, -0.05) is 30.0 Å². The van der Waals surface area contributed by atoms with Crippen molar-refractivity contribution < 1.29 is 4.79 Å². The van der Waals surface area contributed by atoms with E-state index < -0.39 is 0 Å². The first kappa shape index (κ1) is 23.6. The number of para-hydroxylation sites is 1. The summed E-state index contributed by atoms with van der Waals surface area (Å²) in [5.74, 6) is 0.0783. The SMILES string of the molecule is C[C@@H](Sc1nc2sc3c(c2c(=O)n1CCCN(C)C)CCCC3)C(=O)N1CCc2ccccc21. The zero-order valence-electron chi connectivity index (χ0n) is 20.2. The van der Waals surface area contributed by atoms with Crippen LogP contribution in [0, 0.1) is 0 Å². The van der Waals surface area contributed by atoms with E-state index in [-0.39, 0.29) is 16.7 Å². The van der Waals surface area contributed by atoms with Crippen molar-refractivity contribution in [3.8, 4) is 0 Å². The first-order chi connectivity index (χ1) is 16.4. The van der Waals surface area contributed by atoms with Crippen molar-refractivity contribution in [3.63, 3.8) is 0 Å². The van der Waals surface area contributed by atoms with Gasteiger partial charge in [0.2, 0.25) is 5.91 Å². The van der Waals surface area contributed by atoms with E-state index in [1.807, 2.05) is 48.7 Å². The lowest BCUT2D eigenvalue weighted by molar-refractivity contribution is -0.117. The molecule has 0 unspecified atom stereocenters. The third-order valence-corrected chi connectivity index (χ3v) is 9.07. The largest absolute Gasteiger partial charge is 0.311 e. The molecule has 5 rings (SSSR count). The molecule has 180 valence electrons. The third kappa shape index (κ3) is 4.43. The highest BCUT2D eigenvalue weighted by Crippen LogP contribution is 2.36. The average Bonchev–Trinajstić information content (AvgIpc) is 3.41. The Morgan fingerprint density at radius 3 is 2.82 bits per heavy atom. The number of thiophene rings is 1. The summed E-state index contributed by atoms with van der Waals surface area (Å²) in [7, 11) is 4.09. The summed E-state index contributed by atoms with van der Waals surface area (Å²) in [5, 5.41) is 1.16. The van der Waals surface area contributed by atoms with Crippen molar-refractivity contribution in [2.75, 3.05) is 32.1 Å². The van der Waals surface area contributed by atoms with Crippen molar-refractivity contribution in [2.24, 2.45) is 0 Å². The highest BCUT2D eigenvalue weighted by atomic mass is 32.2. The summed E-state index contributed by atoms with van der Waals surface area (Å²) in [4.78, 5) is 38.3. The van der Waals surface area contributed by atoms with Crippen molar-refractivity contribution in [2.45, 2.75) is 62.4 Å². The number of carbonyl (C=O) groups is 1. The van der Waals surface area contributed by atoms with Crippen LogP contribution < -0.4 is 10.5 Å². The first-order valence-corrected chi connectivity index (χ1v) is 13.9. The minimum Gasteiger partial charge on any atom is -0.311 e. The van der Waals surface area contributed by atoms with Gasteiger partial charge in [-0.3, -0.25) is 14.2 Å². The van der Waals surface area contributed by atoms with Crippen LogP contribution in [-0.2, 0) is 30.6 Å². The van der Waals surface area contributed by atoms with Gasteiger partial charge in [0.15, 0.2) is 5.16 Å². The Hall–Kier alpha value is -2.16. The Balaban J connectivity index is 1.47. The number of fused-ring (bicyclic) bond motifs is 4. The Kier molecular flexibility index (Phi) is 6.82. The fourth-order valence-electron chi connectivity index (χ4n) is 5.05. The van der Waals surface area contributed by atoms with Crippen LogP contribution in [0.5, 0.6) is 0 Å². The summed E-state index contributed by atoms with van der Waals surface area (Å²) < 4.78 is 1.83. The van der Waals surface area contributed by atoms with Crippen LogP contribution in [0.1, 0.15) is 42.2 Å². The predicted molar refractivity (Wildman–Crippen MR) is 142 cm³/mol. The maximum atomic E-state index is 13.7. The summed E-state index contributed by atoms with van der Waals surface area (Å²) in [6.45, 7) is 4.16. The Labute approximate surface area is 209 Å². The van der Waals surface area contributed by atoms with Gasteiger partial charge in [0, 0.05) is 23.7 Å². The number of thioether (sulfide) groups is 1. The van der Waals surface area contributed by atoms with Crippen LogP contribution >= 0.6 is 23.1 Å². The monoisotopic (exact) mass is 496 g/mol. The molecule has 1 amide bonds. The molecule has 1 aliphatic carbocycles. The molecule has 1 atom stereocenters. The van der Waals surface area contributed by atoms with E-state index in [4.69, 9.17) is 4.98 Å². The van der Waals surface area contributed by atoms with Crippen LogP contribution in [0.15, 0.2) is 34.2 Å². The maximum absolute atomic E-state index is 13.7. The van der Waals surface area contributed by atoms with E-state index in [0.29, 0.717) is 18.2 Å². The van der Waals surface area contributed by atoms with E-state index in [0.717, 1.165) is 54.6 Å². The van der Waals surface area contributed by atoms with Gasteiger partial charge in [0.25, 0.3) is 5.56 Å². The number of hydrogen-bond acceptors (Lipinski definition) is 6. The molecule has 0 spiro atoms. The molecule has 0 radical (unpaired) electrons. The molecule has 3 aromatic rings. The van der Waals surface area contributed by atoms with E-state index in [9.17, 15) is 9.59 Å². The fourth-order valence-corrected chi connectivity index (χ4v) is 7.35. The molecule has 0 bridgehead atoms. The summed E-state index contributed by atoms with van der Waals surface area (Å²) in [5.41, 5.74) is 3.52. The van der Waals surface area contributed by atoms with Gasteiger partial charge >= 0.3 is 0 Å². The van der Waals surface area contributed by atoms with E-state index in [2.05, 4.69) is 11.0 Å². The summed E-state index contributed by atoms with van der Waals surface area (Å²) in [6, 6.07) is 8.13. The number of nitrogens with zero attached hydrogens (tertiary/aromatic N) is 4. The van der Waals surface area contributed by atoms with Gasteiger partial charge in [0.1, 0.15) is 4.83 Å². The fraction of sp³-hybridized carbons (Fsp3) is 0.500. The lowest BCUT2D eigenvalue weighted by atomic mass is 9.97. The lowest BCUT2D eigenvalue weighted by Crippen LogP contribution is -2.36. The van der Waals surface area contributed by atoms with Gasteiger partial charge in [-0.05, 0) is 83.3 Å². The number of aryl methyl sites for hydroxylation is 2. The topological polar surface area (TPSA) is 58.4 Å². The van der Waals surface area contributed by atoms with Crippen molar-refractivity contribution >= 4 is 44.9 Å². The highest BCUT2D eigenvalue weighted by Gasteiger charge is 2.30. The van der Waals surface area contributed by atoms with Crippen molar-refractivity contribution in [1.29, 1.82) is 0 Å². The lowest BCUT2D eigenvalue weighted by Gasteiger charge is -2.22. The number of amides is 1. The number of aromatic nitrogens is 2. The Morgan fingerprint density at radius 2 is 2.00 bits per heavy atom. The molecule has 0 saturated heterocycles. The minimum absolute atomic E-state index is 0.0665. The Bertz CT molecular complexity index is 1280. The normalized spacial score (nSPS) is 16.2. The molecule has 0 saturated carbocycles. The quantitative estimate of drug-likeness (QED) is 0.359.